The number of carbonyl (C=O) groups excluding carboxylic acids is 1. The fraction of sp³-hybridized carbons (Fsp3) is 0.632. The highest BCUT2D eigenvalue weighted by molar-refractivity contribution is 5.79. The van der Waals surface area contributed by atoms with Gasteiger partial charge in [0.2, 0.25) is 0 Å². The number of aromatic nitrogens is 4. The van der Waals surface area contributed by atoms with Crippen molar-refractivity contribution in [2.75, 3.05) is 0 Å². The Morgan fingerprint density at radius 2 is 1.25 bits per heavy atom. The van der Waals surface area contributed by atoms with Crippen LogP contribution in [0.4, 0.5) is 4.79 Å². The molecule has 0 unspecified atom stereocenters. The molecule has 2 aromatic rings. The number of hydrogen-bond acceptors (Lipinski definition) is 3. The molecule has 5 heteroatoms. The van der Waals surface area contributed by atoms with E-state index in [1.165, 1.54) is 38.5 Å². The van der Waals surface area contributed by atoms with Crippen molar-refractivity contribution in [2.45, 2.75) is 78.1 Å². The zero-order valence-corrected chi connectivity index (χ0v) is 15.1. The number of carbonyl (C=O) groups is 1. The Kier molecular flexibility index (Phi) is 7.72. The summed E-state index contributed by atoms with van der Waals surface area (Å²) in [6.07, 6.45) is 18.5. The molecule has 0 aliphatic heterocycles. The van der Waals surface area contributed by atoms with Gasteiger partial charge in [0, 0.05) is 12.4 Å². The molecule has 0 aliphatic carbocycles. The summed E-state index contributed by atoms with van der Waals surface area (Å²) in [5, 5.41) is 0. The topological polar surface area (TPSA) is 52.7 Å². The van der Waals surface area contributed by atoms with Crippen LogP contribution in [0.1, 0.15) is 76.6 Å². The average molecular weight is 330 g/mol. The van der Waals surface area contributed by atoms with Gasteiger partial charge in [-0.25, -0.2) is 14.8 Å². The predicted octanol–water partition coefficient (Wildman–Crippen LogP) is 4.84. The maximum Gasteiger partial charge on any atom is 0.338 e. The van der Waals surface area contributed by atoms with Crippen molar-refractivity contribution in [3.05, 3.63) is 36.4 Å². The molecule has 0 N–H and O–H groups in total. The van der Waals surface area contributed by atoms with Crippen LogP contribution in [0, 0.1) is 0 Å². The van der Waals surface area contributed by atoms with Gasteiger partial charge in [-0.2, -0.15) is 0 Å². The molecule has 0 atom stereocenters. The average Bonchev–Trinajstić information content (AvgIpc) is 3.25. The molecule has 5 nitrogen and oxygen atoms in total. The van der Waals surface area contributed by atoms with Crippen molar-refractivity contribution in [3.63, 3.8) is 0 Å². The van der Waals surface area contributed by atoms with Gasteiger partial charge in [-0.3, -0.25) is 9.13 Å². The smallest absolute Gasteiger partial charge is 0.257 e. The summed E-state index contributed by atoms with van der Waals surface area (Å²) in [6, 6.07) is -0.116. The van der Waals surface area contributed by atoms with Gasteiger partial charge in [0.25, 0.3) is 0 Å². The van der Waals surface area contributed by atoms with Gasteiger partial charge in [0.15, 0.2) is 0 Å². The Hall–Kier alpha value is -1.91. The molecule has 0 aromatic carbocycles. The van der Waals surface area contributed by atoms with Crippen LogP contribution in [-0.4, -0.2) is 25.1 Å². The SMILES string of the molecule is CCCCCCc1cn(C(=O)n2cnc(CCCCCC)c2)cn1. The first-order valence-corrected chi connectivity index (χ1v) is 9.35. The molecule has 0 spiro atoms. The summed E-state index contributed by atoms with van der Waals surface area (Å²) < 4.78 is 3.11. The van der Waals surface area contributed by atoms with Crippen LogP contribution in [-0.2, 0) is 12.8 Å². The van der Waals surface area contributed by atoms with Crippen LogP contribution in [0.25, 0.3) is 0 Å². The molecule has 0 bridgehead atoms. The number of nitrogens with zero attached hydrogens (tertiary/aromatic N) is 4. The fourth-order valence-corrected chi connectivity index (χ4v) is 2.79. The van der Waals surface area contributed by atoms with Crippen LogP contribution >= 0.6 is 0 Å². The van der Waals surface area contributed by atoms with Crippen molar-refractivity contribution in [1.82, 2.24) is 19.1 Å². The van der Waals surface area contributed by atoms with Gasteiger partial charge >= 0.3 is 6.03 Å². The summed E-state index contributed by atoms with van der Waals surface area (Å²) in [7, 11) is 0. The molecule has 0 saturated heterocycles. The van der Waals surface area contributed by atoms with Gasteiger partial charge in [0.1, 0.15) is 12.7 Å². The quantitative estimate of drug-likeness (QED) is 0.586. The standard InChI is InChI=1S/C19H30N4O/c1-3-5-7-9-11-17-13-22(15-20-17)19(24)23-14-18(21-16-23)12-10-8-6-4-2/h13-16H,3-12H2,1-2H3. The number of imidazole rings is 2. The van der Waals surface area contributed by atoms with Crippen LogP contribution in [0.5, 0.6) is 0 Å². The first-order chi connectivity index (χ1) is 11.7. The Balaban J connectivity index is 1.85. The Labute approximate surface area is 145 Å². The Morgan fingerprint density at radius 3 is 1.67 bits per heavy atom. The van der Waals surface area contributed by atoms with E-state index in [1.807, 2.05) is 12.4 Å². The van der Waals surface area contributed by atoms with Crippen molar-refractivity contribution in [2.24, 2.45) is 0 Å². The maximum atomic E-state index is 12.5. The van der Waals surface area contributed by atoms with Crippen LogP contribution in [0.3, 0.4) is 0 Å². The largest absolute Gasteiger partial charge is 0.338 e. The van der Waals surface area contributed by atoms with Crippen LogP contribution < -0.4 is 0 Å². The maximum absolute atomic E-state index is 12.5. The summed E-state index contributed by atoms with van der Waals surface area (Å²) in [4.78, 5) is 21.2. The summed E-state index contributed by atoms with van der Waals surface area (Å²) in [5.41, 5.74) is 1.97. The number of unbranched alkanes of at least 4 members (excludes halogenated alkanes) is 6. The van der Waals surface area contributed by atoms with Crippen LogP contribution in [0.2, 0.25) is 0 Å². The van der Waals surface area contributed by atoms with E-state index in [0.29, 0.717) is 0 Å². The number of aryl methyl sites for hydroxylation is 2. The molecule has 132 valence electrons. The lowest BCUT2D eigenvalue weighted by Crippen LogP contribution is -2.16. The van der Waals surface area contributed by atoms with E-state index in [0.717, 1.165) is 37.1 Å². The highest BCUT2D eigenvalue weighted by Crippen LogP contribution is 2.09. The second-order valence-electron chi connectivity index (χ2n) is 6.45. The lowest BCUT2D eigenvalue weighted by molar-refractivity contribution is 0.243. The molecule has 0 aliphatic rings. The van der Waals surface area contributed by atoms with E-state index in [4.69, 9.17) is 0 Å². The third-order valence-corrected chi connectivity index (χ3v) is 4.29. The molecule has 0 saturated carbocycles. The Bertz CT molecular complexity index is 562. The van der Waals surface area contributed by atoms with E-state index >= 15 is 0 Å². The van der Waals surface area contributed by atoms with Gasteiger partial charge in [-0.1, -0.05) is 52.4 Å². The minimum absolute atomic E-state index is 0.116. The third-order valence-electron chi connectivity index (χ3n) is 4.29. The van der Waals surface area contributed by atoms with Gasteiger partial charge in [-0.15, -0.1) is 0 Å². The lowest BCUT2D eigenvalue weighted by Gasteiger charge is -2.00. The summed E-state index contributed by atoms with van der Waals surface area (Å²) >= 11 is 0. The molecule has 0 amide bonds. The zero-order valence-electron chi connectivity index (χ0n) is 15.1. The normalized spacial score (nSPS) is 11.1. The second kappa shape index (κ2) is 10.1. The van der Waals surface area contributed by atoms with Crippen LogP contribution in [0.15, 0.2) is 25.0 Å². The van der Waals surface area contributed by atoms with Crippen molar-refractivity contribution >= 4 is 6.03 Å². The molecular weight excluding hydrogens is 300 g/mol. The number of hydrogen-bond donors (Lipinski definition) is 0. The molecule has 0 radical (unpaired) electrons. The zero-order chi connectivity index (χ0) is 17.2. The molecule has 24 heavy (non-hydrogen) atoms. The fourth-order valence-electron chi connectivity index (χ4n) is 2.79. The van der Waals surface area contributed by atoms with E-state index < -0.39 is 0 Å². The summed E-state index contributed by atoms with van der Waals surface area (Å²) in [5.74, 6) is 0. The highest BCUT2D eigenvalue weighted by atomic mass is 16.2. The molecule has 0 fully saturated rings. The minimum Gasteiger partial charge on any atom is -0.257 e. The predicted molar refractivity (Wildman–Crippen MR) is 96.3 cm³/mol. The minimum atomic E-state index is -0.116. The van der Waals surface area contributed by atoms with E-state index in [2.05, 4.69) is 23.8 Å². The van der Waals surface area contributed by atoms with E-state index in [-0.39, 0.29) is 6.03 Å². The van der Waals surface area contributed by atoms with Gasteiger partial charge in [0.05, 0.1) is 11.4 Å². The summed E-state index contributed by atoms with van der Waals surface area (Å²) in [6.45, 7) is 4.41. The molecular formula is C19H30N4O. The van der Waals surface area contributed by atoms with Crippen molar-refractivity contribution in [1.29, 1.82) is 0 Å². The van der Waals surface area contributed by atoms with Crippen molar-refractivity contribution in [3.8, 4) is 0 Å². The van der Waals surface area contributed by atoms with E-state index in [1.54, 1.807) is 21.8 Å². The first-order valence-electron chi connectivity index (χ1n) is 9.35. The van der Waals surface area contributed by atoms with Gasteiger partial charge in [-0.05, 0) is 25.7 Å². The first kappa shape index (κ1) is 18.4. The molecule has 2 aromatic heterocycles. The van der Waals surface area contributed by atoms with E-state index in [9.17, 15) is 4.79 Å². The van der Waals surface area contributed by atoms with Crippen molar-refractivity contribution < 1.29 is 4.79 Å². The highest BCUT2D eigenvalue weighted by Gasteiger charge is 2.10. The lowest BCUT2D eigenvalue weighted by atomic mass is 10.1. The van der Waals surface area contributed by atoms with Gasteiger partial charge < -0.3 is 0 Å². The molecule has 2 heterocycles. The Morgan fingerprint density at radius 1 is 0.792 bits per heavy atom. The number of rotatable bonds is 10. The molecule has 2 rings (SSSR count). The second-order valence-corrected chi connectivity index (χ2v) is 6.45. The monoisotopic (exact) mass is 330 g/mol. The third kappa shape index (κ3) is 5.62.